The number of carbonyl (C=O) groups excluding carboxylic acids is 2. The van der Waals surface area contributed by atoms with Crippen molar-refractivity contribution < 1.29 is 78.9 Å². The van der Waals surface area contributed by atoms with E-state index < -0.39 is 11.9 Å². The summed E-state index contributed by atoms with van der Waals surface area (Å²) < 4.78 is 0. The molecule has 10 heteroatoms. The Morgan fingerprint density at radius 1 is 0.591 bits per heavy atom. The monoisotopic (exact) mass is 604 g/mol. The van der Waals surface area contributed by atoms with Crippen molar-refractivity contribution in [1.29, 1.82) is 0 Å². The van der Waals surface area contributed by atoms with E-state index in [4.69, 9.17) is 20.0 Å². The van der Waals surface area contributed by atoms with E-state index in [9.17, 15) is 19.8 Å². The number of hydrogen-bond acceptors (Lipinski definition) is 8. The van der Waals surface area contributed by atoms with E-state index in [2.05, 4.69) is 13.2 Å². The Bertz CT molecular complexity index is 1780. The molecule has 0 saturated carbocycles. The predicted octanol–water partition coefficient (Wildman–Crippen LogP) is -1.94. The summed E-state index contributed by atoms with van der Waals surface area (Å²) in [5.74, 6) is -2.31. The van der Waals surface area contributed by atoms with Crippen LogP contribution in [0.5, 0.6) is 0 Å². The molecule has 0 radical (unpaired) electrons. The van der Waals surface area contributed by atoms with Crippen molar-refractivity contribution in [2.75, 3.05) is 0 Å². The van der Waals surface area contributed by atoms with E-state index in [1.165, 1.54) is 0 Å². The third-order valence-electron chi connectivity index (χ3n) is 8.04. The fourth-order valence-electron chi connectivity index (χ4n) is 5.60. The number of fused-ring (bicyclic) bond motifs is 4. The Morgan fingerprint density at radius 3 is 1.45 bits per heavy atom. The summed E-state index contributed by atoms with van der Waals surface area (Å²) in [5.41, 5.74) is 12.2. The average Bonchev–Trinajstić information content (AvgIpc) is 3.59. The molecule has 8 bridgehead atoms. The maximum Gasteiger partial charge on any atom is 1.00 e. The topological polar surface area (TPSA) is 130 Å². The molecule has 0 amide bonds. The molecular formula is C34H30N4Na2O4. The molecule has 0 unspecified atom stereocenters. The Hall–Kier alpha value is -2.98. The van der Waals surface area contributed by atoms with Crippen molar-refractivity contribution in [2.45, 2.75) is 53.4 Å². The van der Waals surface area contributed by atoms with E-state index in [1.54, 1.807) is 18.2 Å². The Kier molecular flexibility index (Phi) is 11.6. The van der Waals surface area contributed by atoms with Gasteiger partial charge in [0.05, 0.1) is 45.6 Å². The van der Waals surface area contributed by atoms with Crippen molar-refractivity contribution in [3.63, 3.8) is 0 Å². The first kappa shape index (κ1) is 35.5. The van der Waals surface area contributed by atoms with Gasteiger partial charge in [0.25, 0.3) is 0 Å². The van der Waals surface area contributed by atoms with Crippen LogP contribution in [0.4, 0.5) is 0 Å². The van der Waals surface area contributed by atoms with Crippen LogP contribution >= 0.6 is 0 Å². The minimum Gasteiger partial charge on any atom is -0.550 e. The number of aliphatic carboxylic acids is 2. The number of carboxylic acid groups (broad SMARTS) is 2. The second-order valence-electron chi connectivity index (χ2n) is 10.5. The molecule has 8 nitrogen and oxygen atoms in total. The second kappa shape index (κ2) is 14.4. The number of rotatable bonds is 8. The molecule has 0 aromatic heterocycles. The molecule has 0 fully saturated rings. The average molecular weight is 605 g/mol. The van der Waals surface area contributed by atoms with Crippen molar-refractivity contribution in [1.82, 2.24) is 0 Å². The van der Waals surface area contributed by atoms with Gasteiger partial charge in [-0.1, -0.05) is 25.3 Å². The fraction of sp³-hybridized carbons (Fsp3) is 0.235. The second-order valence-corrected chi connectivity index (χ2v) is 10.5. The van der Waals surface area contributed by atoms with Crippen LogP contribution in [0.1, 0.15) is 53.4 Å². The molecule has 0 aromatic rings. The van der Waals surface area contributed by atoms with Crippen molar-refractivity contribution in [3.8, 4) is 0 Å². The largest absolute Gasteiger partial charge is 1.00 e. The number of carbonyl (C=O) groups is 2. The van der Waals surface area contributed by atoms with Gasteiger partial charge in [0.15, 0.2) is 0 Å². The SMILES string of the molecule is C=CC1=C(C)C2=NC1=CC1=NC(=CC3=NC(=CC4=NC(=C2)C(C)=C4CCC(=O)[O-])C(CCC(=O)[O-])=C3C)C(C=C)=C1C.[Na+].[Na+]. The van der Waals surface area contributed by atoms with Crippen LogP contribution < -0.4 is 69.3 Å². The van der Waals surface area contributed by atoms with Crippen LogP contribution in [-0.2, 0) is 9.59 Å². The molecule has 0 atom stereocenters. The van der Waals surface area contributed by atoms with Crippen molar-refractivity contribution in [3.05, 3.63) is 117 Å². The van der Waals surface area contributed by atoms with Crippen LogP contribution in [0.2, 0.25) is 0 Å². The summed E-state index contributed by atoms with van der Waals surface area (Å²) in [7, 11) is 0. The van der Waals surface area contributed by atoms with E-state index in [0.29, 0.717) is 28.5 Å². The summed E-state index contributed by atoms with van der Waals surface area (Å²) >= 11 is 0. The molecule has 5 heterocycles. The summed E-state index contributed by atoms with van der Waals surface area (Å²) in [5, 5.41) is 22.8. The number of aliphatic imine (C=N–C) groups is 4. The summed E-state index contributed by atoms with van der Waals surface area (Å²) in [4.78, 5) is 42.4. The van der Waals surface area contributed by atoms with Gasteiger partial charge in [0.1, 0.15) is 0 Å². The van der Waals surface area contributed by atoms with Crippen LogP contribution in [-0.4, -0.2) is 34.8 Å². The van der Waals surface area contributed by atoms with Crippen LogP contribution in [0.15, 0.2) is 137 Å². The first-order chi connectivity index (χ1) is 20.0. The first-order valence-electron chi connectivity index (χ1n) is 13.7. The Labute approximate surface area is 301 Å². The number of allylic oxidation sites excluding steroid dienone is 12. The molecule has 5 aliphatic rings. The van der Waals surface area contributed by atoms with E-state index in [0.717, 1.165) is 61.7 Å². The maximum atomic E-state index is 11.4. The zero-order chi connectivity index (χ0) is 30.3. The van der Waals surface area contributed by atoms with Gasteiger partial charge < -0.3 is 19.8 Å². The minimum atomic E-state index is -1.16. The number of hydrogen-bond donors (Lipinski definition) is 0. The predicted molar refractivity (Wildman–Crippen MR) is 162 cm³/mol. The summed E-state index contributed by atoms with van der Waals surface area (Å²) in [6.45, 7) is 15.8. The summed E-state index contributed by atoms with van der Waals surface area (Å²) in [6.07, 6.45) is 11.2. The molecule has 0 aliphatic carbocycles. The van der Waals surface area contributed by atoms with Crippen molar-refractivity contribution >= 4 is 34.8 Å². The van der Waals surface area contributed by atoms with Gasteiger partial charge >= 0.3 is 59.1 Å². The van der Waals surface area contributed by atoms with Gasteiger partial charge in [-0.3, -0.25) is 0 Å². The molecular weight excluding hydrogens is 574 g/mol. The molecule has 0 N–H and O–H groups in total. The fourth-order valence-corrected chi connectivity index (χ4v) is 5.60. The molecule has 0 spiro atoms. The van der Waals surface area contributed by atoms with E-state index in [1.807, 2.05) is 45.9 Å². The van der Waals surface area contributed by atoms with Gasteiger partial charge in [-0.2, -0.15) is 0 Å². The quantitative estimate of drug-likeness (QED) is 0.299. The summed E-state index contributed by atoms with van der Waals surface area (Å²) in [6, 6.07) is 0. The Morgan fingerprint density at radius 2 is 0.977 bits per heavy atom. The van der Waals surface area contributed by atoms with Crippen LogP contribution in [0.25, 0.3) is 0 Å². The van der Waals surface area contributed by atoms with E-state index in [-0.39, 0.29) is 84.8 Å². The molecule has 5 rings (SSSR count). The smallest absolute Gasteiger partial charge is 0.550 e. The van der Waals surface area contributed by atoms with Gasteiger partial charge in [-0.25, -0.2) is 20.0 Å². The zero-order valence-electron chi connectivity index (χ0n) is 26.1. The maximum absolute atomic E-state index is 11.4. The molecule has 212 valence electrons. The van der Waals surface area contributed by atoms with E-state index >= 15 is 0 Å². The van der Waals surface area contributed by atoms with Gasteiger partial charge in [-0.15, -0.1) is 0 Å². The van der Waals surface area contributed by atoms with Gasteiger partial charge in [0, 0.05) is 23.1 Å². The Balaban J connectivity index is 0.00000264. The zero-order valence-corrected chi connectivity index (χ0v) is 30.1. The molecule has 0 aromatic carbocycles. The first-order valence-corrected chi connectivity index (χ1v) is 13.7. The van der Waals surface area contributed by atoms with Crippen LogP contribution in [0.3, 0.4) is 0 Å². The minimum absolute atomic E-state index is 0. The van der Waals surface area contributed by atoms with Crippen LogP contribution in [0, 0.1) is 0 Å². The third kappa shape index (κ3) is 6.81. The standard InChI is InChI=1S/C34H32N4O4.2Na/c1-7-21-17(3)25-13-26-19(5)23(9-11-33(39)40)31(37-26)16-32-24(10-12-34(41)42)20(6)28(38-32)15-30-22(8-2)18(4)27(36-30)14-29(21)35-25;;/h7-8,13-16H,1-2,9-12H2,3-6H3,(H,39,40)(H,41,42);;/q;2*+1/p-2. The number of nitrogens with zero attached hydrogens (tertiary/aromatic N) is 4. The molecule has 5 aliphatic heterocycles. The van der Waals surface area contributed by atoms with Crippen molar-refractivity contribution in [2.24, 2.45) is 20.0 Å². The molecule has 0 saturated heterocycles. The third-order valence-corrected chi connectivity index (χ3v) is 8.04. The van der Waals surface area contributed by atoms with Gasteiger partial charge in [-0.05, 0) is 111 Å². The molecule has 44 heavy (non-hydrogen) atoms. The number of carboxylic acids is 2. The normalized spacial score (nSPS) is 18.8. The van der Waals surface area contributed by atoms with Gasteiger partial charge in [0.2, 0.25) is 0 Å².